The number of rotatable bonds is 6. The fourth-order valence-corrected chi connectivity index (χ4v) is 3.89. The number of carboxylic acid groups (broad SMARTS) is 1. The van der Waals surface area contributed by atoms with E-state index in [4.69, 9.17) is 14.6 Å². The molecule has 0 saturated heterocycles. The molecule has 0 atom stereocenters. The first-order valence-corrected chi connectivity index (χ1v) is 7.98. The number of carbonyl (C=O) groups is 1. The van der Waals surface area contributed by atoms with E-state index in [-0.39, 0.29) is 18.0 Å². The van der Waals surface area contributed by atoms with Crippen molar-refractivity contribution in [3.63, 3.8) is 0 Å². The Bertz CT molecular complexity index is 710. The molecule has 0 amide bonds. The molecule has 1 aliphatic rings. The number of fused-ring (bicyclic) bond motifs is 1. The molecule has 120 valence electrons. The van der Waals surface area contributed by atoms with Crippen LogP contribution in [0.25, 0.3) is 6.08 Å². The lowest BCUT2D eigenvalue weighted by Gasteiger charge is -2.26. The highest BCUT2D eigenvalue weighted by Crippen LogP contribution is 2.32. The number of ether oxygens (including phenoxy) is 2. The Kier molecular flexibility index (Phi) is 4.72. The number of hydrogen-bond acceptors (Lipinski definition) is 5. The maximum absolute atomic E-state index is 12.6. The molecule has 1 heterocycles. The zero-order valence-electron chi connectivity index (χ0n) is 12.3. The Hall–Kier alpha value is -2.06. The highest BCUT2D eigenvalue weighted by molar-refractivity contribution is 7.89. The van der Waals surface area contributed by atoms with Crippen LogP contribution in [-0.2, 0) is 19.6 Å². The summed E-state index contributed by atoms with van der Waals surface area (Å²) in [6.07, 6.45) is 3.13. The van der Waals surface area contributed by atoms with Crippen LogP contribution < -0.4 is 4.74 Å². The van der Waals surface area contributed by atoms with Gasteiger partial charge in [-0.05, 0) is 30.7 Å². The van der Waals surface area contributed by atoms with Crippen LogP contribution in [0.2, 0.25) is 0 Å². The summed E-state index contributed by atoms with van der Waals surface area (Å²) in [6, 6.07) is 3.32. The van der Waals surface area contributed by atoms with E-state index in [2.05, 4.69) is 0 Å². The third kappa shape index (κ3) is 3.23. The van der Waals surface area contributed by atoms with E-state index in [1.807, 2.05) is 0 Å². The maximum atomic E-state index is 12.6. The van der Waals surface area contributed by atoms with Gasteiger partial charge in [0, 0.05) is 11.8 Å². The Balaban J connectivity index is 2.22. The van der Waals surface area contributed by atoms with E-state index in [1.54, 1.807) is 25.1 Å². The smallest absolute Gasteiger partial charge is 0.329 e. The lowest BCUT2D eigenvalue weighted by atomic mass is 10.1. The SMILES string of the molecule is COc1cc(C)c2c(c1)C=CN(CCOCC(=O)O)S2(=O)=O. The van der Waals surface area contributed by atoms with E-state index in [1.165, 1.54) is 13.3 Å². The lowest BCUT2D eigenvalue weighted by Crippen LogP contribution is -2.32. The number of sulfonamides is 1. The molecule has 8 heteroatoms. The normalized spacial score (nSPS) is 15.5. The van der Waals surface area contributed by atoms with Crippen molar-refractivity contribution >= 4 is 22.1 Å². The van der Waals surface area contributed by atoms with Gasteiger partial charge in [0.05, 0.1) is 25.2 Å². The second-order valence-electron chi connectivity index (χ2n) is 4.74. The molecule has 0 fully saturated rings. The molecule has 1 aromatic rings. The standard InChI is InChI=1S/C14H17NO6S/c1-10-7-12(20-2)8-11-3-4-15(22(18,19)14(10)11)5-6-21-9-13(16)17/h3-4,7-8H,5-6,9H2,1-2H3,(H,16,17). The number of nitrogens with zero attached hydrogens (tertiary/aromatic N) is 1. The average Bonchev–Trinajstić information content (AvgIpc) is 2.44. The zero-order chi connectivity index (χ0) is 16.3. The highest BCUT2D eigenvalue weighted by atomic mass is 32.2. The van der Waals surface area contributed by atoms with E-state index < -0.39 is 22.6 Å². The Morgan fingerprint density at radius 1 is 1.36 bits per heavy atom. The van der Waals surface area contributed by atoms with Gasteiger partial charge in [0.2, 0.25) is 0 Å². The number of benzene rings is 1. The van der Waals surface area contributed by atoms with Crippen molar-refractivity contribution in [3.8, 4) is 5.75 Å². The van der Waals surface area contributed by atoms with Crippen LogP contribution in [-0.4, -0.2) is 50.7 Å². The third-order valence-corrected chi connectivity index (χ3v) is 5.18. The van der Waals surface area contributed by atoms with Crippen LogP contribution in [0.3, 0.4) is 0 Å². The molecule has 0 unspecified atom stereocenters. The summed E-state index contributed by atoms with van der Waals surface area (Å²) in [5.74, 6) is -0.500. The second kappa shape index (κ2) is 6.37. The quantitative estimate of drug-likeness (QED) is 0.786. The van der Waals surface area contributed by atoms with Crippen LogP contribution in [0.4, 0.5) is 0 Å². The van der Waals surface area contributed by atoms with E-state index in [9.17, 15) is 13.2 Å². The summed E-state index contributed by atoms with van der Waals surface area (Å²) in [5.41, 5.74) is 1.16. The fourth-order valence-electron chi connectivity index (χ4n) is 2.23. The zero-order valence-corrected chi connectivity index (χ0v) is 13.1. The van der Waals surface area contributed by atoms with Gasteiger partial charge in [-0.25, -0.2) is 13.2 Å². The Labute approximate surface area is 128 Å². The summed E-state index contributed by atoms with van der Waals surface area (Å²) >= 11 is 0. The summed E-state index contributed by atoms with van der Waals surface area (Å²) in [4.78, 5) is 10.6. The van der Waals surface area contributed by atoms with E-state index >= 15 is 0 Å². The first-order valence-electron chi connectivity index (χ1n) is 6.54. The third-order valence-electron chi connectivity index (χ3n) is 3.18. The summed E-state index contributed by atoms with van der Waals surface area (Å²) in [6.45, 7) is 1.30. The van der Waals surface area contributed by atoms with Gasteiger partial charge in [-0.15, -0.1) is 0 Å². The Morgan fingerprint density at radius 2 is 2.09 bits per heavy atom. The van der Waals surface area contributed by atoms with E-state index in [0.29, 0.717) is 16.9 Å². The predicted molar refractivity (Wildman–Crippen MR) is 79.1 cm³/mol. The maximum Gasteiger partial charge on any atom is 0.329 e. The van der Waals surface area contributed by atoms with Crippen LogP contribution in [0, 0.1) is 6.92 Å². The van der Waals surface area contributed by atoms with Gasteiger partial charge in [-0.2, -0.15) is 0 Å². The molecule has 1 aromatic carbocycles. The second-order valence-corrected chi connectivity index (χ2v) is 6.57. The van der Waals surface area contributed by atoms with Gasteiger partial charge in [0.15, 0.2) is 0 Å². The molecule has 0 aliphatic carbocycles. The van der Waals surface area contributed by atoms with Crippen molar-refractivity contribution in [1.29, 1.82) is 0 Å². The molecule has 1 aliphatic heterocycles. The van der Waals surface area contributed by atoms with Gasteiger partial charge >= 0.3 is 5.97 Å². The largest absolute Gasteiger partial charge is 0.497 e. The molecule has 2 rings (SSSR count). The molecular formula is C14H17NO6S. The van der Waals surface area contributed by atoms with Gasteiger partial charge < -0.3 is 14.6 Å². The minimum atomic E-state index is -3.68. The van der Waals surface area contributed by atoms with Crippen molar-refractivity contribution in [2.75, 3.05) is 26.9 Å². The minimum absolute atomic E-state index is 0.000402. The van der Waals surface area contributed by atoms with Crippen molar-refractivity contribution < 1.29 is 27.8 Å². The number of hydrogen-bond donors (Lipinski definition) is 1. The number of aryl methyl sites for hydroxylation is 1. The van der Waals surface area contributed by atoms with Crippen molar-refractivity contribution in [2.45, 2.75) is 11.8 Å². The van der Waals surface area contributed by atoms with Crippen molar-refractivity contribution in [3.05, 3.63) is 29.5 Å². The van der Waals surface area contributed by atoms with Gasteiger partial charge in [0.25, 0.3) is 10.0 Å². The lowest BCUT2D eigenvalue weighted by molar-refractivity contribution is -0.142. The Morgan fingerprint density at radius 3 is 2.73 bits per heavy atom. The van der Waals surface area contributed by atoms with Crippen LogP contribution in [0.5, 0.6) is 5.75 Å². The number of carboxylic acids is 1. The highest BCUT2D eigenvalue weighted by Gasteiger charge is 2.29. The van der Waals surface area contributed by atoms with E-state index in [0.717, 1.165) is 4.31 Å². The molecule has 0 aromatic heterocycles. The summed E-state index contributed by atoms with van der Waals surface area (Å²) < 4.78 is 36.4. The van der Waals surface area contributed by atoms with Crippen LogP contribution in [0.15, 0.2) is 23.2 Å². The van der Waals surface area contributed by atoms with Gasteiger partial charge in [-0.3, -0.25) is 4.31 Å². The first-order chi connectivity index (χ1) is 10.4. The molecule has 0 bridgehead atoms. The monoisotopic (exact) mass is 327 g/mol. The summed E-state index contributed by atoms with van der Waals surface area (Å²) in [7, 11) is -2.15. The number of methoxy groups -OCH3 is 1. The summed E-state index contributed by atoms with van der Waals surface area (Å²) in [5, 5.41) is 8.49. The molecular weight excluding hydrogens is 310 g/mol. The molecule has 1 N–H and O–H groups in total. The predicted octanol–water partition coefficient (Wildman–Crippen LogP) is 1.08. The topological polar surface area (TPSA) is 93.1 Å². The first kappa shape index (κ1) is 16.3. The van der Waals surface area contributed by atoms with Crippen LogP contribution >= 0.6 is 0 Å². The van der Waals surface area contributed by atoms with Crippen molar-refractivity contribution in [1.82, 2.24) is 4.31 Å². The van der Waals surface area contributed by atoms with Gasteiger partial charge in [0.1, 0.15) is 12.4 Å². The molecule has 22 heavy (non-hydrogen) atoms. The van der Waals surface area contributed by atoms with Crippen LogP contribution in [0.1, 0.15) is 11.1 Å². The molecule has 0 spiro atoms. The van der Waals surface area contributed by atoms with Crippen molar-refractivity contribution in [2.24, 2.45) is 0 Å². The molecule has 0 saturated carbocycles. The molecule has 0 radical (unpaired) electrons. The van der Waals surface area contributed by atoms with Gasteiger partial charge in [-0.1, -0.05) is 0 Å². The average molecular weight is 327 g/mol. The fraction of sp³-hybridized carbons (Fsp3) is 0.357. The molecule has 7 nitrogen and oxygen atoms in total. The number of aliphatic carboxylic acids is 1. The minimum Gasteiger partial charge on any atom is -0.497 e.